The summed E-state index contributed by atoms with van der Waals surface area (Å²) in [6.07, 6.45) is 3.62. The van der Waals surface area contributed by atoms with Crippen LogP contribution in [0.1, 0.15) is 87.6 Å². The number of ether oxygens (including phenoxy) is 4. The van der Waals surface area contributed by atoms with E-state index >= 15 is 0 Å². The molecule has 1 saturated carbocycles. The highest BCUT2D eigenvalue weighted by atomic mass is 19.3. The van der Waals surface area contributed by atoms with Crippen molar-refractivity contribution in [1.29, 1.82) is 0 Å². The lowest BCUT2D eigenvalue weighted by molar-refractivity contribution is -0.111. The Kier molecular flexibility index (Phi) is 18.5. The maximum Gasteiger partial charge on any atom is 0.268 e. The summed E-state index contributed by atoms with van der Waals surface area (Å²) in [4.78, 5) is 0. The summed E-state index contributed by atoms with van der Waals surface area (Å²) in [7, 11) is 1.70. The molecule has 208 valence electrons. The van der Waals surface area contributed by atoms with E-state index in [0.717, 1.165) is 25.0 Å². The van der Waals surface area contributed by atoms with Crippen molar-refractivity contribution < 1.29 is 32.1 Å². The normalized spacial score (nSPS) is 13.4. The molecule has 1 aromatic rings. The molecule has 0 spiro atoms. The Morgan fingerprint density at radius 3 is 1.71 bits per heavy atom. The van der Waals surface area contributed by atoms with Gasteiger partial charge in [0.2, 0.25) is 0 Å². The van der Waals surface area contributed by atoms with Crippen LogP contribution >= 0.6 is 0 Å². The molecular weight excluding hydrogens is 457 g/mol. The van der Waals surface area contributed by atoms with Gasteiger partial charge in [0.25, 0.3) is 5.92 Å². The van der Waals surface area contributed by atoms with Crippen LogP contribution in [-0.4, -0.2) is 50.2 Å². The zero-order valence-electron chi connectivity index (χ0n) is 24.1. The van der Waals surface area contributed by atoms with Gasteiger partial charge in [-0.15, -0.1) is 0 Å². The van der Waals surface area contributed by atoms with Crippen molar-refractivity contribution in [2.24, 2.45) is 5.92 Å². The number of alkyl halides is 2. The van der Waals surface area contributed by atoms with Gasteiger partial charge in [0.1, 0.15) is 6.61 Å². The van der Waals surface area contributed by atoms with Crippen molar-refractivity contribution >= 4 is 0 Å². The molecule has 4 nitrogen and oxygen atoms in total. The van der Waals surface area contributed by atoms with Gasteiger partial charge >= 0.3 is 0 Å². The summed E-state index contributed by atoms with van der Waals surface area (Å²) in [5.41, 5.74) is 0.433. The summed E-state index contributed by atoms with van der Waals surface area (Å²) in [5, 5.41) is 0. The first kappa shape index (κ1) is 35.8. The lowest BCUT2D eigenvalue weighted by Crippen LogP contribution is -2.28. The number of benzene rings is 1. The summed E-state index contributed by atoms with van der Waals surface area (Å²) < 4.78 is 57.5. The smallest absolute Gasteiger partial charge is 0.268 e. The van der Waals surface area contributed by atoms with Crippen LogP contribution < -0.4 is 4.74 Å². The quantitative estimate of drug-likeness (QED) is 0.354. The van der Waals surface area contributed by atoms with Gasteiger partial charge < -0.3 is 18.9 Å². The average Bonchev–Trinajstić information content (AvgIpc) is 3.52. The fourth-order valence-electron chi connectivity index (χ4n) is 1.91. The van der Waals surface area contributed by atoms with E-state index in [1.54, 1.807) is 33.9 Å². The molecule has 1 aliphatic rings. The molecule has 7 heteroatoms. The van der Waals surface area contributed by atoms with Crippen LogP contribution in [0.3, 0.4) is 0 Å². The molecular formula is C28H51F3O4. The summed E-state index contributed by atoms with van der Waals surface area (Å²) in [5.74, 6) is -1.76. The molecule has 0 unspecified atom stereocenters. The lowest BCUT2D eigenvalue weighted by Gasteiger charge is -2.21. The SMILES string of the molecule is CC(C)OCC1CC1.CC(F)(F)COC(C)(C)C.COC(C)C.Cc1ccc(OC(C)C)c(F)c1. The Morgan fingerprint density at radius 1 is 0.914 bits per heavy atom. The van der Waals surface area contributed by atoms with Gasteiger partial charge in [-0.2, -0.15) is 0 Å². The fraction of sp³-hybridized carbons (Fsp3) is 0.786. The van der Waals surface area contributed by atoms with Crippen LogP contribution in [0.2, 0.25) is 0 Å². The van der Waals surface area contributed by atoms with Crippen molar-refractivity contribution in [2.75, 3.05) is 20.3 Å². The summed E-state index contributed by atoms with van der Waals surface area (Å²) >= 11 is 0. The van der Waals surface area contributed by atoms with Crippen LogP contribution in [0.4, 0.5) is 13.2 Å². The molecule has 0 aromatic heterocycles. The van der Waals surface area contributed by atoms with E-state index in [0.29, 0.717) is 18.0 Å². The van der Waals surface area contributed by atoms with E-state index in [1.807, 2.05) is 40.7 Å². The lowest BCUT2D eigenvalue weighted by atomic mass is 10.2. The molecule has 0 N–H and O–H groups in total. The molecule has 1 fully saturated rings. The van der Waals surface area contributed by atoms with Gasteiger partial charge in [-0.25, -0.2) is 13.2 Å². The fourth-order valence-corrected chi connectivity index (χ4v) is 1.91. The van der Waals surface area contributed by atoms with Gasteiger partial charge in [0.05, 0.1) is 23.9 Å². The van der Waals surface area contributed by atoms with Crippen LogP contribution in [0.25, 0.3) is 0 Å². The maximum atomic E-state index is 13.1. The molecule has 0 radical (unpaired) electrons. The minimum Gasteiger partial charge on any atom is -0.488 e. The largest absolute Gasteiger partial charge is 0.488 e. The predicted molar refractivity (Wildman–Crippen MR) is 139 cm³/mol. The Morgan fingerprint density at radius 2 is 1.43 bits per heavy atom. The molecule has 0 atom stereocenters. The van der Waals surface area contributed by atoms with Gasteiger partial charge in [-0.1, -0.05) is 6.07 Å². The van der Waals surface area contributed by atoms with Gasteiger partial charge in [0.15, 0.2) is 11.6 Å². The van der Waals surface area contributed by atoms with E-state index in [4.69, 9.17) is 18.9 Å². The average molecular weight is 509 g/mol. The van der Waals surface area contributed by atoms with Gasteiger partial charge in [-0.05, 0) is 106 Å². The third-order valence-electron chi connectivity index (χ3n) is 4.04. The topological polar surface area (TPSA) is 36.9 Å². The van der Waals surface area contributed by atoms with Crippen LogP contribution in [-0.2, 0) is 14.2 Å². The highest BCUT2D eigenvalue weighted by Gasteiger charge is 2.24. The Hall–Kier alpha value is -1.31. The Labute approximate surface area is 212 Å². The molecule has 0 amide bonds. The number of methoxy groups -OCH3 is 1. The minimum atomic E-state index is -2.71. The second-order valence-electron chi connectivity index (χ2n) is 10.7. The zero-order valence-corrected chi connectivity index (χ0v) is 24.1. The number of hydrogen-bond donors (Lipinski definition) is 0. The zero-order chi connectivity index (χ0) is 27.8. The van der Waals surface area contributed by atoms with E-state index < -0.39 is 18.1 Å². The molecule has 0 heterocycles. The van der Waals surface area contributed by atoms with Crippen molar-refractivity contribution in [3.8, 4) is 5.75 Å². The standard InChI is InChI=1S/C10H13FO.C7H14F2O.C7H14O.C4H10O/c1-7(2)12-10-5-4-8(3)6-9(10)11;1-6(2,3)10-5-7(4,8)9;1-6(2)8-5-7-3-4-7;1-4(2)5-3/h4-7H,1-3H3;5H2,1-4H3;6-7H,3-5H2,1-2H3;4H,1-3H3. The van der Waals surface area contributed by atoms with Crippen molar-refractivity contribution in [2.45, 2.75) is 119 Å². The van der Waals surface area contributed by atoms with Crippen molar-refractivity contribution in [3.05, 3.63) is 29.6 Å². The van der Waals surface area contributed by atoms with Gasteiger partial charge in [-0.3, -0.25) is 0 Å². The second-order valence-corrected chi connectivity index (χ2v) is 10.7. The molecule has 0 aliphatic heterocycles. The van der Waals surface area contributed by atoms with E-state index in [-0.39, 0.29) is 11.9 Å². The molecule has 0 saturated heterocycles. The first-order chi connectivity index (χ1) is 15.9. The van der Waals surface area contributed by atoms with Gasteiger partial charge in [0, 0.05) is 20.6 Å². The molecule has 35 heavy (non-hydrogen) atoms. The van der Waals surface area contributed by atoms with Crippen molar-refractivity contribution in [1.82, 2.24) is 0 Å². The first-order valence-electron chi connectivity index (χ1n) is 12.4. The molecule has 1 aromatic carbocycles. The number of aryl methyl sites for hydroxylation is 1. The highest BCUT2D eigenvalue weighted by molar-refractivity contribution is 5.28. The number of hydrogen-bond acceptors (Lipinski definition) is 4. The van der Waals surface area contributed by atoms with Crippen LogP contribution in [0.15, 0.2) is 18.2 Å². The molecule has 2 rings (SSSR count). The molecule has 0 bridgehead atoms. The predicted octanol–water partition coefficient (Wildman–Crippen LogP) is 8.24. The van der Waals surface area contributed by atoms with E-state index in [1.165, 1.54) is 18.9 Å². The molecule has 1 aliphatic carbocycles. The second kappa shape index (κ2) is 18.0. The highest BCUT2D eigenvalue weighted by Crippen LogP contribution is 2.29. The number of rotatable bonds is 8. The van der Waals surface area contributed by atoms with E-state index in [2.05, 4.69) is 13.8 Å². The van der Waals surface area contributed by atoms with Crippen molar-refractivity contribution in [3.63, 3.8) is 0 Å². The third kappa shape index (κ3) is 28.8. The number of halogens is 3. The third-order valence-corrected chi connectivity index (χ3v) is 4.04. The Bertz CT molecular complexity index is 631. The maximum absolute atomic E-state index is 13.1. The van der Waals surface area contributed by atoms with E-state index in [9.17, 15) is 13.2 Å². The summed E-state index contributed by atoms with van der Waals surface area (Å²) in [6, 6.07) is 4.96. The summed E-state index contributed by atoms with van der Waals surface area (Å²) in [6.45, 7) is 20.4. The monoisotopic (exact) mass is 508 g/mol. The Balaban J connectivity index is 0. The minimum absolute atomic E-state index is 0.0159. The van der Waals surface area contributed by atoms with Crippen LogP contribution in [0.5, 0.6) is 5.75 Å². The van der Waals surface area contributed by atoms with Crippen LogP contribution in [0, 0.1) is 18.7 Å². The first-order valence-corrected chi connectivity index (χ1v) is 12.4.